The van der Waals surface area contributed by atoms with Crippen LogP contribution >= 0.6 is 28.1 Å². The summed E-state index contributed by atoms with van der Waals surface area (Å²) < 4.78 is 6.62. The maximum Gasteiger partial charge on any atom is 0.159 e. The lowest BCUT2D eigenvalue weighted by molar-refractivity contribution is 0.0395. The van der Waals surface area contributed by atoms with Crippen LogP contribution < -0.4 is 5.32 Å². The Bertz CT molecular complexity index is 653. The quantitative estimate of drug-likeness (QED) is 0.647. The van der Waals surface area contributed by atoms with Gasteiger partial charge in [-0.3, -0.25) is 4.99 Å². The van der Waals surface area contributed by atoms with E-state index < -0.39 is 5.66 Å². The maximum atomic E-state index is 5.54. The van der Waals surface area contributed by atoms with Crippen LogP contribution in [0.15, 0.2) is 27.7 Å². The molecule has 3 rings (SSSR count). The summed E-state index contributed by atoms with van der Waals surface area (Å²) in [5.41, 5.74) is 2.99. The van der Waals surface area contributed by atoms with Gasteiger partial charge in [-0.2, -0.15) is 0 Å². The van der Waals surface area contributed by atoms with Crippen LogP contribution in [-0.2, 0) is 10.4 Å². The van der Waals surface area contributed by atoms with Crippen LogP contribution in [0.4, 0.5) is 0 Å². The molecule has 1 fully saturated rings. The van der Waals surface area contributed by atoms with Crippen LogP contribution in [0.1, 0.15) is 57.6 Å². The van der Waals surface area contributed by atoms with Gasteiger partial charge in [-0.05, 0) is 57.2 Å². The van der Waals surface area contributed by atoms with Gasteiger partial charge in [0.15, 0.2) is 5.66 Å². The van der Waals surface area contributed by atoms with Gasteiger partial charge in [-0.1, -0.05) is 48.1 Å². The number of benzene rings is 1. The lowest BCUT2D eigenvalue weighted by Crippen LogP contribution is -2.47. The molecule has 1 aliphatic heterocycles. The zero-order valence-electron chi connectivity index (χ0n) is 15.9. The second-order valence-electron chi connectivity index (χ2n) is 6.59. The van der Waals surface area contributed by atoms with Gasteiger partial charge >= 0.3 is 0 Å². The Morgan fingerprint density at radius 1 is 1.20 bits per heavy atom. The Morgan fingerprint density at radius 3 is 2.36 bits per heavy atom. The van der Waals surface area contributed by atoms with E-state index in [1.165, 1.54) is 11.1 Å². The number of hydrogen-bond acceptors (Lipinski definition) is 3. The average molecular weight is 425 g/mol. The Hall–Kier alpha value is -0.780. The predicted molar refractivity (Wildman–Crippen MR) is 114 cm³/mol. The van der Waals surface area contributed by atoms with Crippen LogP contribution in [0.3, 0.4) is 0 Å². The number of halogens is 1. The number of hydrogen-bond donors (Lipinski definition) is 1. The first-order valence-corrected chi connectivity index (χ1v) is 10.3. The second-order valence-corrected chi connectivity index (χ2v) is 7.91. The van der Waals surface area contributed by atoms with Gasteiger partial charge in [0.25, 0.3) is 0 Å². The highest BCUT2D eigenvalue weighted by Gasteiger charge is 2.46. The Labute approximate surface area is 165 Å². The van der Waals surface area contributed by atoms with Crippen molar-refractivity contribution in [2.75, 3.05) is 7.11 Å². The molecule has 1 unspecified atom stereocenters. The van der Waals surface area contributed by atoms with Crippen LogP contribution in [0.25, 0.3) is 0 Å². The predicted octanol–water partition coefficient (Wildman–Crippen LogP) is 5.53. The fourth-order valence-electron chi connectivity index (χ4n) is 3.87. The van der Waals surface area contributed by atoms with E-state index in [1.54, 1.807) is 0 Å². The number of rotatable bonds is 3. The van der Waals surface area contributed by atoms with E-state index in [-0.39, 0.29) is 0 Å². The van der Waals surface area contributed by atoms with E-state index in [0.29, 0.717) is 12.0 Å². The molecule has 1 N–H and O–H groups in total. The number of aryl methyl sites for hydroxylation is 1. The molecule has 1 aliphatic carbocycles. The molecule has 1 heterocycles. The SMILES string of the molecule is CC.COC1CCC(C2(c3cc(Br)ccc3C)N=C(C)C(=S)N2)CC1. The average Bonchev–Trinajstić information content (AvgIpc) is 2.94. The lowest BCUT2D eigenvalue weighted by Gasteiger charge is -2.40. The van der Waals surface area contributed by atoms with Gasteiger partial charge in [-0.15, -0.1) is 0 Å². The van der Waals surface area contributed by atoms with Gasteiger partial charge in [0.1, 0.15) is 4.99 Å². The standard InChI is InChI=1S/C18H23BrN2OS.C2H6/c1-11-4-7-14(19)10-16(11)18(20-12(2)17(23)21-18)13-5-8-15(22-3)9-6-13;1-2/h4,7,10,13,15H,5-6,8-9H2,1-3H3,(H,21,23);1-2H3. The molecule has 3 nitrogen and oxygen atoms in total. The number of nitrogens with zero attached hydrogens (tertiary/aromatic N) is 1. The summed E-state index contributed by atoms with van der Waals surface area (Å²) in [7, 11) is 1.81. The zero-order valence-corrected chi connectivity index (χ0v) is 18.3. The first-order valence-electron chi connectivity index (χ1n) is 9.14. The molecule has 0 bridgehead atoms. The number of thiocarbonyl (C=S) groups is 1. The summed E-state index contributed by atoms with van der Waals surface area (Å²) in [6, 6.07) is 6.42. The van der Waals surface area contributed by atoms with Gasteiger partial charge in [-0.25, -0.2) is 0 Å². The van der Waals surface area contributed by atoms with Gasteiger partial charge < -0.3 is 10.1 Å². The minimum Gasteiger partial charge on any atom is -0.381 e. The van der Waals surface area contributed by atoms with Crippen molar-refractivity contribution in [2.24, 2.45) is 10.9 Å². The third-order valence-corrected chi connectivity index (χ3v) is 6.08. The smallest absolute Gasteiger partial charge is 0.159 e. The number of ether oxygens (including phenoxy) is 1. The summed E-state index contributed by atoms with van der Waals surface area (Å²) in [4.78, 5) is 5.83. The first kappa shape index (κ1) is 20.5. The van der Waals surface area contributed by atoms with Crippen LogP contribution in [0.2, 0.25) is 0 Å². The van der Waals surface area contributed by atoms with E-state index in [0.717, 1.165) is 40.9 Å². The van der Waals surface area contributed by atoms with Crippen molar-refractivity contribution in [1.82, 2.24) is 5.32 Å². The first-order chi connectivity index (χ1) is 12.0. The lowest BCUT2D eigenvalue weighted by atomic mass is 9.75. The molecule has 25 heavy (non-hydrogen) atoms. The van der Waals surface area contributed by atoms with E-state index in [1.807, 2.05) is 27.9 Å². The van der Waals surface area contributed by atoms with Crippen molar-refractivity contribution in [3.63, 3.8) is 0 Å². The van der Waals surface area contributed by atoms with Crippen molar-refractivity contribution >= 4 is 38.8 Å². The zero-order chi connectivity index (χ0) is 18.6. The third kappa shape index (κ3) is 4.15. The molecule has 5 heteroatoms. The van der Waals surface area contributed by atoms with Crippen molar-refractivity contribution in [3.8, 4) is 0 Å². The van der Waals surface area contributed by atoms with Gasteiger partial charge in [0.2, 0.25) is 0 Å². The molecule has 0 saturated heterocycles. The molecular formula is C20H29BrN2OS. The van der Waals surface area contributed by atoms with Crippen molar-refractivity contribution < 1.29 is 4.74 Å². The van der Waals surface area contributed by atoms with E-state index in [2.05, 4.69) is 46.4 Å². The minimum absolute atomic E-state index is 0.380. The molecular weight excluding hydrogens is 396 g/mol. The van der Waals surface area contributed by atoms with Crippen molar-refractivity contribution in [2.45, 2.75) is 65.1 Å². The molecule has 0 amide bonds. The fraction of sp³-hybridized carbons (Fsp3) is 0.600. The van der Waals surface area contributed by atoms with E-state index in [4.69, 9.17) is 21.9 Å². The molecule has 1 saturated carbocycles. The van der Waals surface area contributed by atoms with Crippen molar-refractivity contribution in [1.29, 1.82) is 0 Å². The van der Waals surface area contributed by atoms with E-state index in [9.17, 15) is 0 Å². The molecule has 138 valence electrons. The molecule has 0 spiro atoms. The summed E-state index contributed by atoms with van der Waals surface area (Å²) >= 11 is 9.12. The monoisotopic (exact) mass is 424 g/mol. The fourth-order valence-corrected chi connectivity index (χ4v) is 4.43. The highest BCUT2D eigenvalue weighted by Crippen LogP contribution is 2.44. The molecule has 0 radical (unpaired) electrons. The highest BCUT2D eigenvalue weighted by atomic mass is 79.9. The summed E-state index contributed by atoms with van der Waals surface area (Å²) in [5.74, 6) is 0.428. The largest absolute Gasteiger partial charge is 0.381 e. The van der Waals surface area contributed by atoms with Crippen LogP contribution in [0, 0.1) is 12.8 Å². The molecule has 0 aromatic heterocycles. The van der Waals surface area contributed by atoms with Crippen LogP contribution in [0.5, 0.6) is 0 Å². The molecule has 1 aromatic rings. The Kier molecular flexibility index (Phi) is 7.18. The third-order valence-electron chi connectivity index (χ3n) is 5.19. The minimum atomic E-state index is -0.423. The summed E-state index contributed by atoms with van der Waals surface area (Å²) in [6.45, 7) is 8.16. The van der Waals surface area contributed by atoms with Gasteiger partial charge in [0, 0.05) is 23.1 Å². The second kappa shape index (κ2) is 8.74. The normalized spacial score (nSPS) is 28.7. The topological polar surface area (TPSA) is 33.6 Å². The Morgan fingerprint density at radius 2 is 1.84 bits per heavy atom. The number of nitrogens with one attached hydrogen (secondary N) is 1. The highest BCUT2D eigenvalue weighted by molar-refractivity contribution is 9.10. The number of aliphatic imine (C=N–C) groups is 1. The van der Waals surface area contributed by atoms with Crippen LogP contribution in [-0.4, -0.2) is 23.9 Å². The van der Waals surface area contributed by atoms with Crippen molar-refractivity contribution in [3.05, 3.63) is 33.8 Å². The van der Waals surface area contributed by atoms with Gasteiger partial charge in [0.05, 0.1) is 11.8 Å². The summed E-state index contributed by atoms with van der Waals surface area (Å²) in [5, 5.41) is 3.57. The summed E-state index contributed by atoms with van der Waals surface area (Å²) in [6.07, 6.45) is 4.73. The molecule has 1 atom stereocenters. The maximum absolute atomic E-state index is 5.54. The molecule has 2 aliphatic rings. The molecule has 1 aromatic carbocycles. The number of methoxy groups -OCH3 is 1. The Balaban J connectivity index is 0.00000109. The van der Waals surface area contributed by atoms with E-state index >= 15 is 0 Å².